The Kier molecular flexibility index (Phi) is 5.46. The van der Waals surface area contributed by atoms with E-state index in [1.54, 1.807) is 0 Å². The van der Waals surface area contributed by atoms with Gasteiger partial charge in [0.15, 0.2) is 0 Å². The Morgan fingerprint density at radius 3 is 2.58 bits per heavy atom. The maximum atomic E-state index is 6.01. The summed E-state index contributed by atoms with van der Waals surface area (Å²) in [6, 6.07) is 14.5. The average molecular weight is 404 g/mol. The molecule has 2 rings (SSSR count). The monoisotopic (exact) mass is 401 g/mol. The minimum atomic E-state index is 0.265. The molecule has 2 aromatic carbocycles. The zero-order valence-corrected chi connectivity index (χ0v) is 14.4. The first-order chi connectivity index (χ1) is 9.06. The lowest BCUT2D eigenvalue weighted by atomic mass is 10.1. The van der Waals surface area contributed by atoms with Crippen LogP contribution in [0.5, 0.6) is 0 Å². The van der Waals surface area contributed by atoms with E-state index < -0.39 is 0 Å². The van der Waals surface area contributed by atoms with Gasteiger partial charge in [-0.1, -0.05) is 29.8 Å². The molecule has 0 radical (unpaired) electrons. The summed E-state index contributed by atoms with van der Waals surface area (Å²) >= 11 is 13.0. The second kappa shape index (κ2) is 6.89. The first-order valence-electron chi connectivity index (χ1n) is 5.99. The van der Waals surface area contributed by atoms with Crippen molar-refractivity contribution in [2.24, 2.45) is 0 Å². The predicted molar refractivity (Wildman–Crippen MR) is 88.5 cm³/mol. The summed E-state index contributed by atoms with van der Waals surface area (Å²) in [5.41, 5.74) is 2.44. The van der Waals surface area contributed by atoms with Gasteiger partial charge < -0.3 is 5.32 Å². The molecule has 4 heteroatoms. The number of hydrogen-bond acceptors (Lipinski definition) is 1. The van der Waals surface area contributed by atoms with Crippen molar-refractivity contribution in [3.63, 3.8) is 0 Å². The van der Waals surface area contributed by atoms with Gasteiger partial charge in [-0.15, -0.1) is 0 Å². The number of nitrogens with one attached hydrogen (secondary N) is 1. The Morgan fingerprint density at radius 1 is 1.11 bits per heavy atom. The second-order valence-corrected chi connectivity index (χ2v) is 6.55. The van der Waals surface area contributed by atoms with Crippen molar-refractivity contribution >= 4 is 43.5 Å². The van der Waals surface area contributed by atoms with Crippen molar-refractivity contribution in [1.82, 2.24) is 5.32 Å². The van der Waals surface area contributed by atoms with Gasteiger partial charge in [-0.05, 0) is 74.2 Å². The van der Waals surface area contributed by atoms with Gasteiger partial charge in [-0.25, -0.2) is 0 Å². The van der Waals surface area contributed by atoms with Crippen molar-refractivity contribution in [3.05, 3.63) is 67.6 Å². The zero-order chi connectivity index (χ0) is 13.8. The molecule has 1 unspecified atom stereocenters. The standard InChI is InChI=1S/C15H14Br2ClN/c1-10(12-3-2-4-13(18)8-12)19-9-11-5-6-14(16)15(17)7-11/h2-8,10,19H,9H2,1H3. The molecule has 0 spiro atoms. The van der Waals surface area contributed by atoms with E-state index in [1.807, 2.05) is 24.3 Å². The first-order valence-corrected chi connectivity index (χ1v) is 7.95. The number of rotatable bonds is 4. The molecule has 2 aromatic rings. The van der Waals surface area contributed by atoms with E-state index in [1.165, 1.54) is 11.1 Å². The van der Waals surface area contributed by atoms with Gasteiger partial charge in [0.25, 0.3) is 0 Å². The van der Waals surface area contributed by atoms with Crippen LogP contribution in [-0.2, 0) is 6.54 Å². The fraction of sp³-hybridized carbons (Fsp3) is 0.200. The summed E-state index contributed by atoms with van der Waals surface area (Å²) in [6.07, 6.45) is 0. The van der Waals surface area contributed by atoms with Crippen molar-refractivity contribution < 1.29 is 0 Å². The molecule has 0 aliphatic carbocycles. The second-order valence-electron chi connectivity index (χ2n) is 4.41. The van der Waals surface area contributed by atoms with E-state index in [-0.39, 0.29) is 6.04 Å². The molecule has 0 saturated heterocycles. The van der Waals surface area contributed by atoms with Crippen LogP contribution in [0.2, 0.25) is 5.02 Å². The van der Waals surface area contributed by atoms with E-state index in [9.17, 15) is 0 Å². The summed E-state index contributed by atoms with van der Waals surface area (Å²) < 4.78 is 2.14. The Labute approximate surface area is 135 Å². The summed E-state index contributed by atoms with van der Waals surface area (Å²) in [6.45, 7) is 2.96. The molecule has 1 atom stereocenters. The van der Waals surface area contributed by atoms with Crippen molar-refractivity contribution in [3.8, 4) is 0 Å². The summed E-state index contributed by atoms with van der Waals surface area (Å²) in [7, 11) is 0. The smallest absolute Gasteiger partial charge is 0.0409 e. The van der Waals surface area contributed by atoms with Crippen LogP contribution in [0.25, 0.3) is 0 Å². The third-order valence-electron chi connectivity index (χ3n) is 2.95. The van der Waals surface area contributed by atoms with Crippen LogP contribution in [0.4, 0.5) is 0 Å². The van der Waals surface area contributed by atoms with Gasteiger partial charge in [0.1, 0.15) is 0 Å². The quantitative estimate of drug-likeness (QED) is 0.689. The van der Waals surface area contributed by atoms with Gasteiger partial charge in [0.2, 0.25) is 0 Å². The van der Waals surface area contributed by atoms with Gasteiger partial charge in [-0.3, -0.25) is 0 Å². The van der Waals surface area contributed by atoms with Crippen LogP contribution in [0, 0.1) is 0 Å². The van der Waals surface area contributed by atoms with Gasteiger partial charge in [-0.2, -0.15) is 0 Å². The van der Waals surface area contributed by atoms with Gasteiger partial charge in [0, 0.05) is 26.6 Å². The van der Waals surface area contributed by atoms with Crippen LogP contribution in [-0.4, -0.2) is 0 Å². The fourth-order valence-electron chi connectivity index (χ4n) is 1.81. The highest BCUT2D eigenvalue weighted by Crippen LogP contribution is 2.24. The molecule has 0 bridgehead atoms. The van der Waals surface area contributed by atoms with E-state index in [2.05, 4.69) is 62.3 Å². The topological polar surface area (TPSA) is 12.0 Å². The lowest BCUT2D eigenvalue weighted by Gasteiger charge is -2.15. The van der Waals surface area contributed by atoms with Crippen LogP contribution in [0.1, 0.15) is 24.1 Å². The lowest BCUT2D eigenvalue weighted by molar-refractivity contribution is 0.574. The molecule has 0 aliphatic rings. The molecule has 0 aliphatic heterocycles. The van der Waals surface area contributed by atoms with E-state index in [4.69, 9.17) is 11.6 Å². The Balaban J connectivity index is 2.00. The average Bonchev–Trinajstić information content (AvgIpc) is 2.40. The minimum Gasteiger partial charge on any atom is -0.306 e. The zero-order valence-electron chi connectivity index (χ0n) is 10.5. The molecule has 19 heavy (non-hydrogen) atoms. The summed E-state index contributed by atoms with van der Waals surface area (Å²) in [5.74, 6) is 0. The molecule has 1 nitrogen and oxygen atoms in total. The van der Waals surface area contributed by atoms with Crippen molar-refractivity contribution in [1.29, 1.82) is 0 Å². The maximum Gasteiger partial charge on any atom is 0.0409 e. The van der Waals surface area contributed by atoms with Crippen LogP contribution >= 0.6 is 43.5 Å². The molecule has 100 valence electrons. The van der Waals surface area contributed by atoms with Crippen molar-refractivity contribution in [2.45, 2.75) is 19.5 Å². The normalized spacial score (nSPS) is 12.4. The molecular weight excluding hydrogens is 389 g/mol. The van der Waals surface area contributed by atoms with E-state index in [0.717, 1.165) is 20.5 Å². The number of benzene rings is 2. The molecule has 0 aromatic heterocycles. The van der Waals surface area contributed by atoms with Crippen LogP contribution in [0.3, 0.4) is 0 Å². The third-order valence-corrected chi connectivity index (χ3v) is 5.06. The number of halogens is 3. The molecule has 0 saturated carbocycles. The summed E-state index contributed by atoms with van der Waals surface area (Å²) in [4.78, 5) is 0. The molecular formula is C15H14Br2ClN. The van der Waals surface area contributed by atoms with Crippen LogP contribution < -0.4 is 5.32 Å². The van der Waals surface area contributed by atoms with E-state index in [0.29, 0.717) is 0 Å². The SMILES string of the molecule is CC(NCc1ccc(Br)c(Br)c1)c1cccc(Cl)c1. The summed E-state index contributed by atoms with van der Waals surface area (Å²) in [5, 5.41) is 4.27. The Morgan fingerprint density at radius 2 is 1.89 bits per heavy atom. The number of hydrogen-bond donors (Lipinski definition) is 1. The Hall–Kier alpha value is -0.350. The third kappa shape index (κ3) is 4.32. The van der Waals surface area contributed by atoms with Crippen LogP contribution in [0.15, 0.2) is 51.4 Å². The predicted octanol–water partition coefficient (Wildman–Crippen LogP) is 5.72. The highest BCUT2D eigenvalue weighted by atomic mass is 79.9. The lowest BCUT2D eigenvalue weighted by Crippen LogP contribution is -2.18. The molecule has 0 heterocycles. The van der Waals surface area contributed by atoms with Crippen molar-refractivity contribution in [2.75, 3.05) is 0 Å². The van der Waals surface area contributed by atoms with Gasteiger partial charge in [0.05, 0.1) is 0 Å². The van der Waals surface area contributed by atoms with E-state index >= 15 is 0 Å². The maximum absolute atomic E-state index is 6.01. The fourth-order valence-corrected chi connectivity index (χ4v) is 2.69. The first kappa shape index (κ1) is 15.0. The molecule has 0 fully saturated rings. The van der Waals surface area contributed by atoms with Gasteiger partial charge >= 0.3 is 0 Å². The molecule has 1 N–H and O–H groups in total. The molecule has 0 amide bonds. The minimum absolute atomic E-state index is 0.265. The highest BCUT2D eigenvalue weighted by Gasteiger charge is 2.06. The largest absolute Gasteiger partial charge is 0.306 e. The Bertz CT molecular complexity index is 572. The highest BCUT2D eigenvalue weighted by molar-refractivity contribution is 9.13.